The lowest BCUT2D eigenvalue weighted by Gasteiger charge is -2.21. The minimum Gasteiger partial charge on any atom is -0.354 e. The number of rotatable bonds is 4. The van der Waals surface area contributed by atoms with Crippen molar-refractivity contribution in [3.05, 3.63) is 24.3 Å². The Morgan fingerprint density at radius 2 is 2.06 bits per heavy atom. The molecule has 1 aromatic heterocycles. The van der Waals surface area contributed by atoms with E-state index < -0.39 is 0 Å². The maximum Gasteiger partial charge on any atom is 0.201 e. The van der Waals surface area contributed by atoms with Crippen LogP contribution >= 0.6 is 11.6 Å². The first-order valence-electron chi connectivity index (χ1n) is 6.27. The highest BCUT2D eigenvalue weighted by Gasteiger charge is 2.16. The SMILES string of the molecule is CC(C)(C)CC(Cl)CNc1nc2ccccc2[nH]1. The summed E-state index contributed by atoms with van der Waals surface area (Å²) in [4.78, 5) is 7.69. The normalized spacial score (nSPS) is 13.8. The molecule has 1 unspecified atom stereocenters. The lowest BCUT2D eigenvalue weighted by atomic mass is 9.90. The molecule has 0 aliphatic rings. The van der Waals surface area contributed by atoms with Crippen molar-refractivity contribution in [1.29, 1.82) is 0 Å². The molecule has 0 aliphatic heterocycles. The first kappa shape index (κ1) is 13.2. The molecule has 0 radical (unpaired) electrons. The minimum absolute atomic E-state index is 0.109. The van der Waals surface area contributed by atoms with Gasteiger partial charge in [-0.1, -0.05) is 32.9 Å². The third kappa shape index (κ3) is 3.64. The number of nitrogens with one attached hydrogen (secondary N) is 2. The zero-order valence-electron chi connectivity index (χ0n) is 11.1. The van der Waals surface area contributed by atoms with Crippen molar-refractivity contribution < 1.29 is 0 Å². The molecule has 0 spiro atoms. The first-order valence-corrected chi connectivity index (χ1v) is 6.70. The van der Waals surface area contributed by atoms with Gasteiger partial charge in [-0.05, 0) is 24.0 Å². The van der Waals surface area contributed by atoms with E-state index in [0.29, 0.717) is 0 Å². The van der Waals surface area contributed by atoms with Crippen LogP contribution in [0.2, 0.25) is 0 Å². The van der Waals surface area contributed by atoms with Crippen LogP contribution < -0.4 is 5.32 Å². The number of H-pyrrole nitrogens is 1. The Labute approximate surface area is 113 Å². The molecule has 2 aromatic rings. The Hall–Kier alpha value is -1.22. The third-order valence-electron chi connectivity index (χ3n) is 2.71. The van der Waals surface area contributed by atoms with E-state index in [0.717, 1.165) is 29.9 Å². The molecule has 0 saturated carbocycles. The topological polar surface area (TPSA) is 40.7 Å². The predicted octanol–water partition coefficient (Wildman–Crippen LogP) is 4.02. The summed E-state index contributed by atoms with van der Waals surface area (Å²) in [6.07, 6.45) is 0.974. The van der Waals surface area contributed by atoms with Crippen molar-refractivity contribution >= 4 is 28.6 Å². The maximum atomic E-state index is 6.31. The van der Waals surface area contributed by atoms with Crippen molar-refractivity contribution in [2.45, 2.75) is 32.6 Å². The highest BCUT2D eigenvalue weighted by atomic mass is 35.5. The molecule has 98 valence electrons. The number of imidazole rings is 1. The molecule has 0 saturated heterocycles. The molecule has 4 heteroatoms. The number of para-hydroxylation sites is 2. The molecular formula is C14H20ClN3. The van der Waals surface area contributed by atoms with Crippen LogP contribution in [0.4, 0.5) is 5.95 Å². The molecule has 1 heterocycles. The zero-order valence-corrected chi connectivity index (χ0v) is 11.9. The van der Waals surface area contributed by atoms with Crippen LogP contribution in [-0.4, -0.2) is 21.9 Å². The summed E-state index contributed by atoms with van der Waals surface area (Å²) < 4.78 is 0. The van der Waals surface area contributed by atoms with Crippen LogP contribution in [0.3, 0.4) is 0 Å². The molecule has 18 heavy (non-hydrogen) atoms. The van der Waals surface area contributed by atoms with Gasteiger partial charge in [-0.3, -0.25) is 0 Å². The van der Waals surface area contributed by atoms with Gasteiger partial charge in [0.1, 0.15) is 0 Å². The van der Waals surface area contributed by atoms with E-state index in [1.54, 1.807) is 0 Å². The molecule has 0 bridgehead atoms. The highest BCUT2D eigenvalue weighted by molar-refractivity contribution is 6.20. The van der Waals surface area contributed by atoms with Gasteiger partial charge in [0, 0.05) is 6.54 Å². The number of nitrogens with zero attached hydrogens (tertiary/aromatic N) is 1. The summed E-state index contributed by atoms with van der Waals surface area (Å²) in [5.41, 5.74) is 2.27. The van der Waals surface area contributed by atoms with Crippen molar-refractivity contribution in [3.8, 4) is 0 Å². The Kier molecular flexibility index (Phi) is 3.81. The molecule has 0 amide bonds. The Bertz CT molecular complexity index is 480. The van der Waals surface area contributed by atoms with Gasteiger partial charge in [0.05, 0.1) is 16.4 Å². The summed E-state index contributed by atoms with van der Waals surface area (Å²) in [5.74, 6) is 0.788. The fourth-order valence-corrected chi connectivity index (χ4v) is 2.52. The predicted molar refractivity (Wildman–Crippen MR) is 78.3 cm³/mol. The maximum absolute atomic E-state index is 6.31. The fourth-order valence-electron chi connectivity index (χ4n) is 1.98. The lowest BCUT2D eigenvalue weighted by Crippen LogP contribution is -2.21. The van der Waals surface area contributed by atoms with E-state index in [9.17, 15) is 0 Å². The van der Waals surface area contributed by atoms with Gasteiger partial charge >= 0.3 is 0 Å². The Morgan fingerprint density at radius 1 is 1.33 bits per heavy atom. The molecule has 0 fully saturated rings. The number of fused-ring (bicyclic) bond motifs is 1. The average molecular weight is 266 g/mol. The monoisotopic (exact) mass is 265 g/mol. The standard InChI is InChI=1S/C14H20ClN3/c1-14(2,3)8-10(15)9-16-13-17-11-6-4-5-7-12(11)18-13/h4-7,10H,8-9H2,1-3H3,(H2,16,17,18). The van der Waals surface area contributed by atoms with Gasteiger partial charge in [-0.25, -0.2) is 4.98 Å². The molecule has 0 aliphatic carbocycles. The van der Waals surface area contributed by atoms with Gasteiger partial charge < -0.3 is 10.3 Å². The van der Waals surface area contributed by atoms with E-state index in [1.165, 1.54) is 0 Å². The molecular weight excluding hydrogens is 246 g/mol. The number of anilines is 1. The van der Waals surface area contributed by atoms with Crippen molar-refractivity contribution in [1.82, 2.24) is 9.97 Å². The van der Waals surface area contributed by atoms with Gasteiger partial charge in [0.2, 0.25) is 5.95 Å². The smallest absolute Gasteiger partial charge is 0.201 e. The van der Waals surface area contributed by atoms with Gasteiger partial charge in [-0.15, -0.1) is 11.6 Å². The second-order valence-corrected chi connectivity index (χ2v) is 6.46. The Morgan fingerprint density at radius 3 is 2.72 bits per heavy atom. The van der Waals surface area contributed by atoms with Gasteiger partial charge in [0.25, 0.3) is 0 Å². The number of aromatic nitrogens is 2. The molecule has 2 N–H and O–H groups in total. The number of halogens is 1. The molecule has 2 rings (SSSR count). The van der Waals surface area contributed by atoms with Crippen molar-refractivity contribution in [2.75, 3.05) is 11.9 Å². The molecule has 3 nitrogen and oxygen atoms in total. The Balaban J connectivity index is 1.94. The summed E-state index contributed by atoms with van der Waals surface area (Å²) in [7, 11) is 0. The summed E-state index contributed by atoms with van der Waals surface area (Å²) >= 11 is 6.31. The van der Waals surface area contributed by atoms with E-state index >= 15 is 0 Å². The lowest BCUT2D eigenvalue weighted by molar-refractivity contribution is 0.373. The van der Waals surface area contributed by atoms with Crippen LogP contribution in [-0.2, 0) is 0 Å². The fraction of sp³-hybridized carbons (Fsp3) is 0.500. The van der Waals surface area contributed by atoms with Crippen molar-refractivity contribution in [2.24, 2.45) is 5.41 Å². The summed E-state index contributed by atoms with van der Waals surface area (Å²) in [6.45, 7) is 7.31. The quantitative estimate of drug-likeness (QED) is 0.820. The number of benzene rings is 1. The second-order valence-electron chi connectivity index (χ2n) is 5.85. The number of alkyl halides is 1. The van der Waals surface area contributed by atoms with Crippen LogP contribution in [0.25, 0.3) is 11.0 Å². The molecule has 1 aromatic carbocycles. The second kappa shape index (κ2) is 5.19. The highest BCUT2D eigenvalue weighted by Crippen LogP contribution is 2.23. The van der Waals surface area contributed by atoms with E-state index in [1.807, 2.05) is 24.3 Å². The van der Waals surface area contributed by atoms with Crippen LogP contribution in [0.15, 0.2) is 24.3 Å². The van der Waals surface area contributed by atoms with Crippen LogP contribution in [0.1, 0.15) is 27.2 Å². The summed E-state index contributed by atoms with van der Waals surface area (Å²) in [5, 5.41) is 3.37. The zero-order chi connectivity index (χ0) is 13.2. The average Bonchev–Trinajstić information content (AvgIpc) is 2.66. The minimum atomic E-state index is 0.109. The van der Waals surface area contributed by atoms with Gasteiger partial charge in [-0.2, -0.15) is 0 Å². The molecule has 1 atom stereocenters. The number of hydrogen-bond acceptors (Lipinski definition) is 2. The van der Waals surface area contributed by atoms with Crippen LogP contribution in [0, 0.1) is 5.41 Å². The van der Waals surface area contributed by atoms with Crippen molar-refractivity contribution in [3.63, 3.8) is 0 Å². The largest absolute Gasteiger partial charge is 0.354 e. The third-order valence-corrected chi connectivity index (χ3v) is 3.02. The van der Waals surface area contributed by atoms with E-state index in [-0.39, 0.29) is 10.8 Å². The number of hydrogen-bond donors (Lipinski definition) is 2. The first-order chi connectivity index (χ1) is 8.44. The van der Waals surface area contributed by atoms with E-state index in [4.69, 9.17) is 11.6 Å². The van der Waals surface area contributed by atoms with Gasteiger partial charge in [0.15, 0.2) is 0 Å². The summed E-state index contributed by atoms with van der Waals surface area (Å²) in [6, 6.07) is 7.98. The van der Waals surface area contributed by atoms with Crippen LogP contribution in [0.5, 0.6) is 0 Å². The van der Waals surface area contributed by atoms with E-state index in [2.05, 4.69) is 36.1 Å². The number of aromatic amines is 1.